The van der Waals surface area contributed by atoms with Crippen molar-refractivity contribution >= 4 is 0 Å². The molecule has 1 aliphatic rings. The molecule has 1 saturated heterocycles. The van der Waals surface area contributed by atoms with Crippen molar-refractivity contribution in [1.29, 1.82) is 0 Å². The fourth-order valence-electron chi connectivity index (χ4n) is 2.01. The maximum atomic E-state index is 3.47. The summed E-state index contributed by atoms with van der Waals surface area (Å²) in [5, 5.41) is 3.47. The fraction of sp³-hybridized carbons (Fsp3) is 1.00. The molecule has 15 heavy (non-hydrogen) atoms. The van der Waals surface area contributed by atoms with Crippen LogP contribution in [0.5, 0.6) is 0 Å². The first kappa shape index (κ1) is 13.0. The Morgan fingerprint density at radius 2 is 1.67 bits per heavy atom. The van der Waals surface area contributed by atoms with E-state index in [1.54, 1.807) is 0 Å². The zero-order valence-electron chi connectivity index (χ0n) is 11.0. The van der Waals surface area contributed by atoms with Crippen LogP contribution in [-0.2, 0) is 0 Å². The number of rotatable bonds is 3. The predicted molar refractivity (Wildman–Crippen MR) is 67.2 cm³/mol. The lowest BCUT2D eigenvalue weighted by Gasteiger charge is -2.36. The third-order valence-corrected chi connectivity index (χ3v) is 3.85. The van der Waals surface area contributed by atoms with Crippen molar-refractivity contribution in [3.63, 3.8) is 0 Å². The van der Waals surface area contributed by atoms with E-state index in [4.69, 9.17) is 0 Å². The predicted octanol–water partition coefficient (Wildman–Crippen LogP) is 2.35. The molecule has 0 spiro atoms. The Hall–Kier alpha value is -0.0800. The van der Waals surface area contributed by atoms with Gasteiger partial charge in [-0.1, -0.05) is 27.7 Å². The molecule has 0 aromatic carbocycles. The highest BCUT2D eigenvalue weighted by Gasteiger charge is 2.25. The molecule has 0 aromatic heterocycles. The first-order chi connectivity index (χ1) is 7.02. The molecule has 1 heterocycles. The summed E-state index contributed by atoms with van der Waals surface area (Å²) in [6.07, 6.45) is 2.60. The summed E-state index contributed by atoms with van der Waals surface area (Å²) in [5.41, 5.74) is 0.451. The second-order valence-electron chi connectivity index (χ2n) is 5.88. The largest absolute Gasteiger partial charge is 0.317 e. The van der Waals surface area contributed by atoms with Crippen LogP contribution in [0.25, 0.3) is 0 Å². The van der Waals surface area contributed by atoms with Gasteiger partial charge in [0.2, 0.25) is 0 Å². The number of nitrogens with zero attached hydrogens (tertiary/aromatic N) is 1. The molecule has 1 aliphatic heterocycles. The summed E-state index contributed by atoms with van der Waals surface area (Å²) in [6, 6.07) is 0. The van der Waals surface area contributed by atoms with Crippen LogP contribution in [0.3, 0.4) is 0 Å². The second kappa shape index (κ2) is 5.86. The van der Waals surface area contributed by atoms with Crippen molar-refractivity contribution in [2.24, 2.45) is 11.3 Å². The van der Waals surface area contributed by atoms with Crippen molar-refractivity contribution in [2.45, 2.75) is 40.5 Å². The summed E-state index contributed by atoms with van der Waals surface area (Å²) in [7, 11) is 0. The SMILES string of the molecule is CC(C)C(C)(C)CN1CCCNCCC1. The first-order valence-corrected chi connectivity index (χ1v) is 6.45. The topological polar surface area (TPSA) is 15.3 Å². The summed E-state index contributed by atoms with van der Waals surface area (Å²) < 4.78 is 0. The molecular formula is C13H28N2. The Balaban J connectivity index is 2.40. The van der Waals surface area contributed by atoms with Gasteiger partial charge in [0.25, 0.3) is 0 Å². The van der Waals surface area contributed by atoms with Crippen molar-refractivity contribution in [1.82, 2.24) is 10.2 Å². The third-order valence-electron chi connectivity index (χ3n) is 3.85. The molecule has 0 aromatic rings. The normalized spacial score (nSPS) is 21.4. The first-order valence-electron chi connectivity index (χ1n) is 6.45. The molecule has 0 radical (unpaired) electrons. The smallest absolute Gasteiger partial charge is 0.00351 e. The Kier molecular flexibility index (Phi) is 5.07. The van der Waals surface area contributed by atoms with Gasteiger partial charge in [-0.15, -0.1) is 0 Å². The summed E-state index contributed by atoms with van der Waals surface area (Å²) in [4.78, 5) is 2.65. The molecule has 0 bridgehead atoms. The standard InChI is InChI=1S/C13H28N2/c1-12(2)13(3,4)11-15-9-5-7-14-8-6-10-15/h12,14H,5-11H2,1-4H3. The van der Waals surface area contributed by atoms with Gasteiger partial charge in [0.1, 0.15) is 0 Å². The van der Waals surface area contributed by atoms with Crippen LogP contribution >= 0.6 is 0 Å². The molecule has 1 fully saturated rings. The summed E-state index contributed by atoms with van der Waals surface area (Å²) in [5.74, 6) is 0.765. The molecular weight excluding hydrogens is 184 g/mol. The monoisotopic (exact) mass is 212 g/mol. The van der Waals surface area contributed by atoms with Gasteiger partial charge in [-0.05, 0) is 50.4 Å². The van der Waals surface area contributed by atoms with Crippen LogP contribution in [0, 0.1) is 11.3 Å². The molecule has 2 nitrogen and oxygen atoms in total. The van der Waals surface area contributed by atoms with Gasteiger partial charge < -0.3 is 10.2 Å². The molecule has 0 amide bonds. The van der Waals surface area contributed by atoms with E-state index in [0.29, 0.717) is 5.41 Å². The van der Waals surface area contributed by atoms with E-state index in [1.165, 1.54) is 45.6 Å². The molecule has 0 saturated carbocycles. The van der Waals surface area contributed by atoms with Crippen molar-refractivity contribution < 1.29 is 0 Å². The van der Waals surface area contributed by atoms with Crippen LogP contribution < -0.4 is 5.32 Å². The highest BCUT2D eigenvalue weighted by molar-refractivity contribution is 4.78. The van der Waals surface area contributed by atoms with Gasteiger partial charge >= 0.3 is 0 Å². The highest BCUT2D eigenvalue weighted by Crippen LogP contribution is 2.27. The van der Waals surface area contributed by atoms with E-state index < -0.39 is 0 Å². The Bertz CT molecular complexity index is 167. The number of nitrogens with one attached hydrogen (secondary N) is 1. The highest BCUT2D eigenvalue weighted by atomic mass is 15.1. The second-order valence-corrected chi connectivity index (χ2v) is 5.88. The minimum absolute atomic E-state index is 0.451. The number of hydrogen-bond donors (Lipinski definition) is 1. The van der Waals surface area contributed by atoms with Crippen molar-refractivity contribution in [3.8, 4) is 0 Å². The summed E-state index contributed by atoms with van der Waals surface area (Å²) >= 11 is 0. The molecule has 0 unspecified atom stereocenters. The van der Waals surface area contributed by atoms with Crippen LogP contribution in [0.2, 0.25) is 0 Å². The maximum absolute atomic E-state index is 3.47. The van der Waals surface area contributed by atoms with Crippen LogP contribution in [0.4, 0.5) is 0 Å². The van der Waals surface area contributed by atoms with E-state index in [1.807, 2.05) is 0 Å². The zero-order valence-corrected chi connectivity index (χ0v) is 11.0. The number of hydrogen-bond acceptors (Lipinski definition) is 2. The average Bonchev–Trinajstić information content (AvgIpc) is 2.09. The van der Waals surface area contributed by atoms with Gasteiger partial charge in [-0.25, -0.2) is 0 Å². The van der Waals surface area contributed by atoms with Gasteiger partial charge in [-0.3, -0.25) is 0 Å². The van der Waals surface area contributed by atoms with Crippen LogP contribution in [0.1, 0.15) is 40.5 Å². The van der Waals surface area contributed by atoms with E-state index in [9.17, 15) is 0 Å². The average molecular weight is 212 g/mol. The molecule has 0 aliphatic carbocycles. The van der Waals surface area contributed by atoms with Crippen molar-refractivity contribution in [2.75, 3.05) is 32.7 Å². The van der Waals surface area contributed by atoms with E-state index in [0.717, 1.165) is 5.92 Å². The Labute approximate surface area is 95.4 Å². The molecule has 2 heteroatoms. The molecule has 90 valence electrons. The van der Waals surface area contributed by atoms with Gasteiger partial charge in [-0.2, -0.15) is 0 Å². The Morgan fingerprint density at radius 1 is 1.13 bits per heavy atom. The Morgan fingerprint density at radius 3 is 2.13 bits per heavy atom. The van der Waals surface area contributed by atoms with E-state index in [-0.39, 0.29) is 0 Å². The fourth-order valence-corrected chi connectivity index (χ4v) is 2.01. The van der Waals surface area contributed by atoms with E-state index >= 15 is 0 Å². The van der Waals surface area contributed by atoms with Gasteiger partial charge in [0.15, 0.2) is 0 Å². The molecule has 1 rings (SSSR count). The quantitative estimate of drug-likeness (QED) is 0.772. The lowest BCUT2D eigenvalue weighted by atomic mass is 9.80. The minimum atomic E-state index is 0.451. The minimum Gasteiger partial charge on any atom is -0.317 e. The third kappa shape index (κ3) is 4.52. The molecule has 0 atom stereocenters. The van der Waals surface area contributed by atoms with Crippen LogP contribution in [0.15, 0.2) is 0 Å². The molecule has 1 N–H and O–H groups in total. The lowest BCUT2D eigenvalue weighted by Crippen LogP contribution is -2.41. The van der Waals surface area contributed by atoms with Crippen molar-refractivity contribution in [3.05, 3.63) is 0 Å². The lowest BCUT2D eigenvalue weighted by molar-refractivity contribution is 0.128. The maximum Gasteiger partial charge on any atom is 0.00351 e. The summed E-state index contributed by atoms with van der Waals surface area (Å²) in [6.45, 7) is 15.6. The van der Waals surface area contributed by atoms with E-state index in [2.05, 4.69) is 37.9 Å². The van der Waals surface area contributed by atoms with Gasteiger partial charge in [0.05, 0.1) is 0 Å². The van der Waals surface area contributed by atoms with Crippen LogP contribution in [-0.4, -0.2) is 37.6 Å². The van der Waals surface area contributed by atoms with Gasteiger partial charge in [0, 0.05) is 6.54 Å². The zero-order chi connectivity index (χ0) is 11.3.